The molecule has 2 aromatic rings. The number of hydrogen-bond acceptors (Lipinski definition) is 4. The molecule has 3 rings (SSSR count). The molecule has 0 saturated carbocycles. The number of nitrogens with one attached hydrogen (secondary N) is 1. The molecule has 1 amide bonds. The molecule has 0 aromatic heterocycles. The van der Waals surface area contributed by atoms with Crippen molar-refractivity contribution in [1.82, 2.24) is 4.90 Å². The van der Waals surface area contributed by atoms with Crippen LogP contribution in [0, 0.1) is 12.8 Å². The summed E-state index contributed by atoms with van der Waals surface area (Å²) < 4.78 is 5.02. The first-order valence-corrected chi connectivity index (χ1v) is 10.4. The van der Waals surface area contributed by atoms with Crippen molar-refractivity contribution >= 4 is 29.2 Å². The van der Waals surface area contributed by atoms with E-state index in [2.05, 4.69) is 10.2 Å². The number of likely N-dealkylation sites (tertiary alicyclic amines) is 1. The van der Waals surface area contributed by atoms with Gasteiger partial charge in [-0.15, -0.1) is 0 Å². The number of benzene rings is 2. The van der Waals surface area contributed by atoms with E-state index in [0.717, 1.165) is 48.7 Å². The highest BCUT2D eigenvalue weighted by Gasteiger charge is 2.25. The molecule has 1 aliphatic heterocycles. The third-order valence-electron chi connectivity index (χ3n) is 5.27. The summed E-state index contributed by atoms with van der Waals surface area (Å²) in [6.45, 7) is 6.66. The Morgan fingerprint density at radius 1 is 1.14 bits per heavy atom. The summed E-state index contributed by atoms with van der Waals surface area (Å²) in [7, 11) is 0. The predicted octanol–water partition coefficient (Wildman–Crippen LogP) is 4.68. The zero-order chi connectivity index (χ0) is 20.8. The van der Waals surface area contributed by atoms with E-state index in [0.29, 0.717) is 12.2 Å². The molecule has 0 spiro atoms. The first kappa shape index (κ1) is 21.3. The molecule has 1 saturated heterocycles. The summed E-state index contributed by atoms with van der Waals surface area (Å²) >= 11 is 5.94. The average molecular weight is 415 g/mol. The largest absolute Gasteiger partial charge is 0.462 e. The van der Waals surface area contributed by atoms with Crippen LogP contribution in [-0.2, 0) is 16.1 Å². The van der Waals surface area contributed by atoms with Gasteiger partial charge in [0.2, 0.25) is 5.91 Å². The maximum Gasteiger partial charge on any atom is 0.338 e. The van der Waals surface area contributed by atoms with Crippen molar-refractivity contribution in [3.8, 4) is 0 Å². The van der Waals surface area contributed by atoms with E-state index < -0.39 is 0 Å². The standard InChI is InChI=1S/C23H27ClN2O3/c1-3-29-23(28)19-6-9-21(16(2)14-19)25-22(27)18-10-12-26(13-11-18)15-17-4-7-20(24)8-5-17/h4-9,14,18H,3,10-13,15H2,1-2H3,(H,25,27). The molecule has 29 heavy (non-hydrogen) atoms. The Morgan fingerprint density at radius 2 is 1.83 bits per heavy atom. The molecule has 6 heteroatoms. The molecule has 0 radical (unpaired) electrons. The molecule has 5 nitrogen and oxygen atoms in total. The fourth-order valence-corrected chi connectivity index (χ4v) is 3.71. The highest BCUT2D eigenvalue weighted by molar-refractivity contribution is 6.30. The fraction of sp³-hybridized carbons (Fsp3) is 0.391. The van der Waals surface area contributed by atoms with Crippen LogP contribution in [-0.4, -0.2) is 36.5 Å². The van der Waals surface area contributed by atoms with E-state index >= 15 is 0 Å². The lowest BCUT2D eigenvalue weighted by Gasteiger charge is -2.31. The second-order valence-corrected chi connectivity index (χ2v) is 7.85. The van der Waals surface area contributed by atoms with E-state index in [-0.39, 0.29) is 17.8 Å². The lowest BCUT2D eigenvalue weighted by molar-refractivity contribution is -0.121. The van der Waals surface area contributed by atoms with Gasteiger partial charge in [0.25, 0.3) is 0 Å². The van der Waals surface area contributed by atoms with Gasteiger partial charge >= 0.3 is 5.97 Å². The number of nitrogens with zero attached hydrogens (tertiary/aromatic N) is 1. The highest BCUT2D eigenvalue weighted by Crippen LogP contribution is 2.23. The number of halogens is 1. The van der Waals surface area contributed by atoms with Gasteiger partial charge in [-0.1, -0.05) is 23.7 Å². The van der Waals surface area contributed by atoms with Crippen LogP contribution >= 0.6 is 11.6 Å². The van der Waals surface area contributed by atoms with Crippen LogP contribution in [0.2, 0.25) is 5.02 Å². The van der Waals surface area contributed by atoms with E-state index in [4.69, 9.17) is 16.3 Å². The number of esters is 1. The van der Waals surface area contributed by atoms with Gasteiger partial charge < -0.3 is 10.1 Å². The Labute approximate surface area is 177 Å². The second-order valence-electron chi connectivity index (χ2n) is 7.42. The zero-order valence-corrected chi connectivity index (χ0v) is 17.7. The van der Waals surface area contributed by atoms with Gasteiger partial charge in [0.15, 0.2) is 0 Å². The van der Waals surface area contributed by atoms with Crippen LogP contribution in [0.15, 0.2) is 42.5 Å². The number of amides is 1. The number of hydrogen-bond donors (Lipinski definition) is 1. The van der Waals surface area contributed by atoms with Crippen molar-refractivity contribution in [1.29, 1.82) is 0 Å². The highest BCUT2D eigenvalue weighted by atomic mass is 35.5. The molecule has 2 aromatic carbocycles. The second kappa shape index (κ2) is 9.90. The third-order valence-corrected chi connectivity index (χ3v) is 5.53. The Bertz CT molecular complexity index is 859. The van der Waals surface area contributed by atoms with E-state index in [1.807, 2.05) is 31.2 Å². The van der Waals surface area contributed by atoms with Crippen molar-refractivity contribution in [3.63, 3.8) is 0 Å². The monoisotopic (exact) mass is 414 g/mol. The molecule has 1 aliphatic rings. The van der Waals surface area contributed by atoms with Crippen LogP contribution < -0.4 is 5.32 Å². The third kappa shape index (κ3) is 5.81. The minimum Gasteiger partial charge on any atom is -0.462 e. The van der Waals surface area contributed by atoms with E-state index in [1.54, 1.807) is 25.1 Å². The van der Waals surface area contributed by atoms with Crippen LogP contribution in [0.3, 0.4) is 0 Å². The topological polar surface area (TPSA) is 58.6 Å². The summed E-state index contributed by atoms with van der Waals surface area (Å²) in [4.78, 5) is 26.9. The predicted molar refractivity (Wildman–Crippen MR) is 115 cm³/mol. The summed E-state index contributed by atoms with van der Waals surface area (Å²) in [5.41, 5.74) is 3.32. The first-order valence-electron chi connectivity index (χ1n) is 10.0. The van der Waals surface area contributed by atoms with Crippen molar-refractivity contribution in [3.05, 3.63) is 64.2 Å². The number of carbonyl (C=O) groups excluding carboxylic acids is 2. The Balaban J connectivity index is 1.52. The SMILES string of the molecule is CCOC(=O)c1ccc(NC(=O)C2CCN(Cc3ccc(Cl)cc3)CC2)c(C)c1. The number of aryl methyl sites for hydroxylation is 1. The smallest absolute Gasteiger partial charge is 0.338 e. The Hall–Kier alpha value is -2.37. The Kier molecular flexibility index (Phi) is 7.29. The lowest BCUT2D eigenvalue weighted by Crippen LogP contribution is -2.37. The van der Waals surface area contributed by atoms with E-state index in [9.17, 15) is 9.59 Å². The fourth-order valence-electron chi connectivity index (χ4n) is 3.58. The van der Waals surface area contributed by atoms with Crippen LogP contribution in [0.5, 0.6) is 0 Å². The molecular formula is C23H27ClN2O3. The summed E-state index contributed by atoms with van der Waals surface area (Å²) in [5.74, 6) is -0.301. The molecule has 0 unspecified atom stereocenters. The van der Waals surface area contributed by atoms with Crippen LogP contribution in [0.4, 0.5) is 5.69 Å². The quantitative estimate of drug-likeness (QED) is 0.697. The summed E-state index contributed by atoms with van der Waals surface area (Å²) in [5, 5.41) is 3.77. The van der Waals surface area contributed by atoms with Gasteiger partial charge in [-0.05, 0) is 81.2 Å². The maximum absolute atomic E-state index is 12.7. The van der Waals surface area contributed by atoms with Crippen LogP contribution in [0.25, 0.3) is 0 Å². The van der Waals surface area contributed by atoms with Crippen molar-refractivity contribution in [2.75, 3.05) is 25.0 Å². The number of piperidine rings is 1. The van der Waals surface area contributed by atoms with Crippen molar-refractivity contribution in [2.45, 2.75) is 33.2 Å². The lowest BCUT2D eigenvalue weighted by atomic mass is 9.95. The molecule has 1 fully saturated rings. The van der Waals surface area contributed by atoms with Gasteiger partial charge in [-0.2, -0.15) is 0 Å². The summed E-state index contributed by atoms with van der Waals surface area (Å²) in [6.07, 6.45) is 1.67. The van der Waals surface area contributed by atoms with Crippen molar-refractivity contribution < 1.29 is 14.3 Å². The Morgan fingerprint density at radius 3 is 2.45 bits per heavy atom. The average Bonchev–Trinajstić information content (AvgIpc) is 2.72. The minimum absolute atomic E-state index is 0.000556. The molecular weight excluding hydrogens is 388 g/mol. The normalized spacial score (nSPS) is 15.1. The van der Waals surface area contributed by atoms with Gasteiger partial charge in [0.1, 0.15) is 0 Å². The van der Waals surface area contributed by atoms with Crippen molar-refractivity contribution in [2.24, 2.45) is 5.92 Å². The first-order chi connectivity index (χ1) is 14.0. The number of ether oxygens (including phenoxy) is 1. The number of carbonyl (C=O) groups is 2. The molecule has 0 bridgehead atoms. The molecule has 154 valence electrons. The van der Waals surface area contributed by atoms with Gasteiger partial charge in [0.05, 0.1) is 12.2 Å². The minimum atomic E-state index is -0.346. The zero-order valence-electron chi connectivity index (χ0n) is 16.9. The van der Waals surface area contributed by atoms with Crippen LogP contribution in [0.1, 0.15) is 41.3 Å². The molecule has 0 aliphatic carbocycles. The van der Waals surface area contributed by atoms with E-state index in [1.165, 1.54) is 5.56 Å². The van der Waals surface area contributed by atoms with Gasteiger partial charge in [0, 0.05) is 23.2 Å². The maximum atomic E-state index is 12.7. The number of rotatable bonds is 6. The molecule has 1 heterocycles. The molecule has 1 N–H and O–H groups in total. The summed E-state index contributed by atoms with van der Waals surface area (Å²) in [6, 6.07) is 13.1. The number of anilines is 1. The van der Waals surface area contributed by atoms with Gasteiger partial charge in [-0.3, -0.25) is 9.69 Å². The van der Waals surface area contributed by atoms with Gasteiger partial charge in [-0.25, -0.2) is 4.79 Å². The molecule has 0 atom stereocenters.